The minimum Gasteiger partial charge on any atom is -0.360 e. The lowest BCUT2D eigenvalue weighted by Crippen LogP contribution is -2.17. The van der Waals surface area contributed by atoms with Crippen molar-refractivity contribution in [3.05, 3.63) is 35.5 Å². The first-order valence-electron chi connectivity index (χ1n) is 4.60. The molecule has 3 N–H and O–H groups in total. The Morgan fingerprint density at radius 2 is 2.33 bits per heavy atom. The Labute approximate surface area is 86.8 Å². The van der Waals surface area contributed by atoms with Crippen molar-refractivity contribution >= 4 is 23.0 Å². The number of hydrogen-bond donors (Lipinski definition) is 3. The first-order valence-corrected chi connectivity index (χ1v) is 4.60. The summed E-state index contributed by atoms with van der Waals surface area (Å²) < 4.78 is 0. The van der Waals surface area contributed by atoms with E-state index in [9.17, 15) is 4.79 Å². The molecule has 0 atom stereocenters. The Bertz CT molecular complexity index is 528. The predicted octanol–water partition coefficient (Wildman–Crippen LogP) is 1.53. The maximum Gasteiger partial charge on any atom is 0.251 e. The number of carbonyl (C=O) groups excluding carboxylic acids is 1. The Hall–Kier alpha value is -2.10. The standard InChI is InChI=1S/C11H11N3O/c1-13-11(15)7-2-3-9-8(5-12)6-14-10(9)4-7/h2-6,12,14H,1H3,(H,13,15). The summed E-state index contributed by atoms with van der Waals surface area (Å²) in [7, 11) is 1.60. The number of hydrogen-bond acceptors (Lipinski definition) is 2. The quantitative estimate of drug-likeness (QED) is 0.633. The maximum absolute atomic E-state index is 11.4. The number of amides is 1. The van der Waals surface area contributed by atoms with Crippen molar-refractivity contribution in [1.82, 2.24) is 10.3 Å². The highest BCUT2D eigenvalue weighted by molar-refractivity contribution is 6.02. The molecule has 4 heteroatoms. The molecular weight excluding hydrogens is 190 g/mol. The smallest absolute Gasteiger partial charge is 0.251 e. The van der Waals surface area contributed by atoms with Crippen LogP contribution in [-0.2, 0) is 0 Å². The normalized spacial score (nSPS) is 10.2. The Kier molecular flexibility index (Phi) is 2.25. The summed E-state index contributed by atoms with van der Waals surface area (Å²) in [6, 6.07) is 5.37. The van der Waals surface area contributed by atoms with E-state index in [1.807, 2.05) is 6.07 Å². The van der Waals surface area contributed by atoms with Crippen molar-refractivity contribution in [3.63, 3.8) is 0 Å². The van der Waals surface area contributed by atoms with E-state index in [2.05, 4.69) is 10.3 Å². The molecule has 0 aliphatic rings. The van der Waals surface area contributed by atoms with E-state index >= 15 is 0 Å². The van der Waals surface area contributed by atoms with Crippen molar-refractivity contribution in [1.29, 1.82) is 5.41 Å². The molecule has 0 radical (unpaired) electrons. The van der Waals surface area contributed by atoms with Gasteiger partial charge < -0.3 is 15.7 Å². The number of carbonyl (C=O) groups is 1. The molecule has 0 unspecified atom stereocenters. The molecule has 76 valence electrons. The van der Waals surface area contributed by atoms with E-state index in [0.29, 0.717) is 5.56 Å². The molecule has 0 bridgehead atoms. The monoisotopic (exact) mass is 201 g/mol. The number of fused-ring (bicyclic) bond motifs is 1. The van der Waals surface area contributed by atoms with Crippen LogP contribution in [0.4, 0.5) is 0 Å². The third-order valence-electron chi connectivity index (χ3n) is 2.36. The van der Waals surface area contributed by atoms with Crippen LogP contribution in [0.15, 0.2) is 24.4 Å². The molecule has 2 aromatic rings. The summed E-state index contributed by atoms with van der Waals surface area (Å²) in [5, 5.41) is 10.7. The second-order valence-corrected chi connectivity index (χ2v) is 3.23. The molecule has 1 aromatic heterocycles. The molecule has 1 amide bonds. The molecule has 1 aromatic carbocycles. The number of benzene rings is 1. The number of H-pyrrole nitrogens is 1. The molecule has 15 heavy (non-hydrogen) atoms. The first kappa shape index (κ1) is 9.45. The zero-order chi connectivity index (χ0) is 10.8. The molecule has 4 nitrogen and oxygen atoms in total. The summed E-state index contributed by atoms with van der Waals surface area (Å²) in [5.74, 6) is -0.108. The van der Waals surface area contributed by atoms with Gasteiger partial charge in [-0.3, -0.25) is 4.79 Å². The Morgan fingerprint density at radius 1 is 1.53 bits per heavy atom. The summed E-state index contributed by atoms with van der Waals surface area (Å²) >= 11 is 0. The minimum absolute atomic E-state index is 0.108. The minimum atomic E-state index is -0.108. The van der Waals surface area contributed by atoms with Gasteiger partial charge in [-0.2, -0.15) is 0 Å². The lowest BCUT2D eigenvalue weighted by Gasteiger charge is -1.99. The summed E-state index contributed by atoms with van der Waals surface area (Å²) in [6.45, 7) is 0. The van der Waals surface area contributed by atoms with Crippen molar-refractivity contribution < 1.29 is 4.79 Å². The van der Waals surface area contributed by atoms with E-state index < -0.39 is 0 Å². The number of aromatic amines is 1. The Balaban J connectivity index is 2.58. The second-order valence-electron chi connectivity index (χ2n) is 3.23. The van der Waals surface area contributed by atoms with Gasteiger partial charge in [0, 0.05) is 41.5 Å². The van der Waals surface area contributed by atoms with Gasteiger partial charge >= 0.3 is 0 Å². The van der Waals surface area contributed by atoms with Gasteiger partial charge in [-0.1, -0.05) is 6.07 Å². The third kappa shape index (κ3) is 1.50. The average Bonchev–Trinajstić information content (AvgIpc) is 2.69. The fourth-order valence-corrected chi connectivity index (χ4v) is 1.55. The van der Waals surface area contributed by atoms with Gasteiger partial charge in [0.05, 0.1) is 0 Å². The van der Waals surface area contributed by atoms with E-state index in [4.69, 9.17) is 5.41 Å². The van der Waals surface area contributed by atoms with Gasteiger partial charge in [0.1, 0.15) is 0 Å². The summed E-state index contributed by atoms with van der Waals surface area (Å²) in [4.78, 5) is 14.4. The van der Waals surface area contributed by atoms with Crippen LogP contribution in [0, 0.1) is 5.41 Å². The average molecular weight is 201 g/mol. The highest BCUT2D eigenvalue weighted by atomic mass is 16.1. The zero-order valence-electron chi connectivity index (χ0n) is 8.29. The summed E-state index contributed by atoms with van der Waals surface area (Å²) in [6.07, 6.45) is 3.05. The molecule has 0 spiro atoms. The van der Waals surface area contributed by atoms with Crippen LogP contribution >= 0.6 is 0 Å². The summed E-state index contributed by atoms with van der Waals surface area (Å²) in [5.41, 5.74) is 2.31. The second kappa shape index (κ2) is 3.57. The van der Waals surface area contributed by atoms with Crippen molar-refractivity contribution in [3.8, 4) is 0 Å². The van der Waals surface area contributed by atoms with Crippen LogP contribution in [0.2, 0.25) is 0 Å². The van der Waals surface area contributed by atoms with Crippen molar-refractivity contribution in [2.45, 2.75) is 0 Å². The van der Waals surface area contributed by atoms with Crippen molar-refractivity contribution in [2.24, 2.45) is 0 Å². The van der Waals surface area contributed by atoms with E-state index in [0.717, 1.165) is 16.5 Å². The van der Waals surface area contributed by atoms with Gasteiger partial charge in [0.25, 0.3) is 5.91 Å². The SMILES string of the molecule is CNC(=O)c1ccc2c(C=N)c[nH]c2c1. The maximum atomic E-state index is 11.4. The number of aromatic nitrogens is 1. The predicted molar refractivity (Wildman–Crippen MR) is 59.6 cm³/mol. The lowest BCUT2D eigenvalue weighted by atomic mass is 10.1. The zero-order valence-corrected chi connectivity index (χ0v) is 8.29. The van der Waals surface area contributed by atoms with Gasteiger partial charge in [-0.25, -0.2) is 0 Å². The molecule has 2 rings (SSSR count). The van der Waals surface area contributed by atoms with E-state index in [1.54, 1.807) is 25.4 Å². The lowest BCUT2D eigenvalue weighted by molar-refractivity contribution is 0.0963. The molecule has 1 heterocycles. The highest BCUT2D eigenvalue weighted by Crippen LogP contribution is 2.18. The largest absolute Gasteiger partial charge is 0.360 e. The topological polar surface area (TPSA) is 68.7 Å². The molecule has 0 aliphatic carbocycles. The molecule has 0 saturated heterocycles. The van der Waals surface area contributed by atoms with E-state index in [1.165, 1.54) is 6.21 Å². The van der Waals surface area contributed by atoms with Crippen LogP contribution in [0.25, 0.3) is 10.9 Å². The molecule has 0 fully saturated rings. The van der Waals surface area contributed by atoms with Gasteiger partial charge in [-0.05, 0) is 12.1 Å². The van der Waals surface area contributed by atoms with Gasteiger partial charge in [0.15, 0.2) is 0 Å². The van der Waals surface area contributed by atoms with Crippen LogP contribution in [0.3, 0.4) is 0 Å². The highest BCUT2D eigenvalue weighted by Gasteiger charge is 2.06. The Morgan fingerprint density at radius 3 is 3.00 bits per heavy atom. The van der Waals surface area contributed by atoms with E-state index in [-0.39, 0.29) is 5.91 Å². The van der Waals surface area contributed by atoms with Gasteiger partial charge in [0.2, 0.25) is 0 Å². The fraction of sp³-hybridized carbons (Fsp3) is 0.0909. The number of rotatable bonds is 2. The number of nitrogens with one attached hydrogen (secondary N) is 3. The van der Waals surface area contributed by atoms with Crippen LogP contribution < -0.4 is 5.32 Å². The third-order valence-corrected chi connectivity index (χ3v) is 2.36. The van der Waals surface area contributed by atoms with Gasteiger partial charge in [-0.15, -0.1) is 0 Å². The first-order chi connectivity index (χ1) is 7.26. The van der Waals surface area contributed by atoms with Crippen molar-refractivity contribution in [2.75, 3.05) is 7.05 Å². The fourth-order valence-electron chi connectivity index (χ4n) is 1.55. The van der Waals surface area contributed by atoms with Crippen LogP contribution in [0.5, 0.6) is 0 Å². The molecule has 0 aliphatic heterocycles. The van der Waals surface area contributed by atoms with Crippen LogP contribution in [0.1, 0.15) is 15.9 Å². The molecular formula is C11H11N3O. The molecule has 0 saturated carbocycles. The van der Waals surface area contributed by atoms with Crippen LogP contribution in [-0.4, -0.2) is 24.2 Å².